The maximum absolute atomic E-state index is 9.15. The summed E-state index contributed by atoms with van der Waals surface area (Å²) in [6, 6.07) is 0. The minimum atomic E-state index is -1.32. The largest absolute Gasteiger partial charge is 0.394 e. The lowest BCUT2D eigenvalue weighted by molar-refractivity contribution is 0.0831. The van der Waals surface area contributed by atoms with Crippen LogP contribution in [0.1, 0.15) is 0 Å². The smallest absolute Gasteiger partial charge is 0.239 e. The number of aliphatic hydroxyl groups is 3. The van der Waals surface area contributed by atoms with Gasteiger partial charge in [0.15, 0.2) is 5.82 Å². The third kappa shape index (κ3) is 3.14. The Kier molecular flexibility index (Phi) is 4.85. The van der Waals surface area contributed by atoms with Crippen LogP contribution < -0.4 is 16.6 Å². The van der Waals surface area contributed by atoms with Crippen LogP contribution in [0, 0.1) is 0 Å². The molecule has 0 saturated heterocycles. The predicted molar refractivity (Wildman–Crippen MR) is 62.5 cm³/mol. The highest BCUT2D eigenvalue weighted by Gasteiger charge is 2.29. The molecule has 1 aromatic heterocycles. The van der Waals surface area contributed by atoms with E-state index in [1.165, 1.54) is 6.20 Å². The van der Waals surface area contributed by atoms with Gasteiger partial charge in [0.2, 0.25) is 5.95 Å². The van der Waals surface area contributed by atoms with E-state index in [9.17, 15) is 0 Å². The van der Waals surface area contributed by atoms with Crippen molar-refractivity contribution in [1.82, 2.24) is 9.97 Å². The van der Waals surface area contributed by atoms with Gasteiger partial charge < -0.3 is 20.6 Å². The van der Waals surface area contributed by atoms with Crippen LogP contribution in [0.25, 0.3) is 0 Å². The second-order valence-corrected chi connectivity index (χ2v) is 3.82. The van der Waals surface area contributed by atoms with E-state index in [4.69, 9.17) is 32.8 Å². The highest BCUT2D eigenvalue weighted by atomic mass is 35.5. The number of nitrogens with two attached hydrogens (primary N) is 1. The monoisotopic (exact) mass is 263 g/mol. The van der Waals surface area contributed by atoms with Crippen molar-refractivity contribution >= 4 is 23.4 Å². The summed E-state index contributed by atoms with van der Waals surface area (Å²) in [5, 5.41) is 30.3. The highest BCUT2D eigenvalue weighted by molar-refractivity contribution is 6.32. The second-order valence-electron chi connectivity index (χ2n) is 3.41. The topological polar surface area (TPSA) is 137 Å². The van der Waals surface area contributed by atoms with Crippen LogP contribution in [-0.2, 0) is 0 Å². The molecule has 0 fully saturated rings. The molecule has 0 saturated carbocycles. The van der Waals surface area contributed by atoms with E-state index in [1.807, 2.05) is 0 Å². The molecule has 0 aliphatic heterocycles. The molecule has 0 radical (unpaired) electrons. The Labute approximate surface area is 102 Å². The molecule has 0 aliphatic carbocycles. The standard InChI is InChI=1S/C8H14ClN5O3/c9-5-1-11-7(14-10)12-6(5)13-8(2-15,3-16)4-17/h1,15-17H,2-4,10H2,(H2,11,12,13,14). The Morgan fingerprint density at radius 2 is 1.88 bits per heavy atom. The first-order valence-corrected chi connectivity index (χ1v) is 5.08. The van der Waals surface area contributed by atoms with Crippen molar-refractivity contribution in [2.45, 2.75) is 5.54 Å². The van der Waals surface area contributed by atoms with Crippen LogP contribution in [0.5, 0.6) is 0 Å². The molecule has 0 atom stereocenters. The van der Waals surface area contributed by atoms with Crippen LogP contribution in [-0.4, -0.2) is 50.6 Å². The van der Waals surface area contributed by atoms with Crippen molar-refractivity contribution in [3.63, 3.8) is 0 Å². The Morgan fingerprint density at radius 3 is 2.35 bits per heavy atom. The second kappa shape index (κ2) is 5.94. The predicted octanol–water partition coefficient (Wildman–Crippen LogP) is -1.46. The maximum atomic E-state index is 9.15. The molecule has 0 aliphatic rings. The average Bonchev–Trinajstić information content (AvgIpc) is 2.38. The van der Waals surface area contributed by atoms with Gasteiger partial charge in [0.05, 0.1) is 26.0 Å². The summed E-state index contributed by atoms with van der Waals surface area (Å²) in [4.78, 5) is 7.65. The Bertz CT molecular complexity index is 366. The van der Waals surface area contributed by atoms with Crippen molar-refractivity contribution in [3.05, 3.63) is 11.2 Å². The number of nitrogens with one attached hydrogen (secondary N) is 2. The highest BCUT2D eigenvalue weighted by Crippen LogP contribution is 2.22. The molecular weight excluding hydrogens is 250 g/mol. The van der Waals surface area contributed by atoms with Gasteiger partial charge >= 0.3 is 0 Å². The van der Waals surface area contributed by atoms with Crippen LogP contribution in [0.3, 0.4) is 0 Å². The van der Waals surface area contributed by atoms with Gasteiger partial charge in [-0.05, 0) is 0 Å². The van der Waals surface area contributed by atoms with Gasteiger partial charge in [-0.25, -0.2) is 10.8 Å². The number of hydrogen-bond donors (Lipinski definition) is 6. The summed E-state index contributed by atoms with van der Waals surface area (Å²) in [6.07, 6.45) is 1.29. The third-order valence-electron chi connectivity index (χ3n) is 2.16. The zero-order valence-corrected chi connectivity index (χ0v) is 9.65. The summed E-state index contributed by atoms with van der Waals surface area (Å²) < 4.78 is 0. The quantitative estimate of drug-likeness (QED) is 0.271. The molecule has 0 spiro atoms. The van der Waals surface area contributed by atoms with Gasteiger partial charge in [-0.15, -0.1) is 0 Å². The fourth-order valence-electron chi connectivity index (χ4n) is 1.04. The molecule has 96 valence electrons. The molecule has 8 nitrogen and oxygen atoms in total. The average molecular weight is 264 g/mol. The molecule has 0 bridgehead atoms. The van der Waals surface area contributed by atoms with Crippen molar-refractivity contribution in [2.75, 3.05) is 30.6 Å². The maximum Gasteiger partial charge on any atom is 0.239 e. The zero-order valence-electron chi connectivity index (χ0n) is 8.89. The molecule has 0 aromatic carbocycles. The summed E-state index contributed by atoms with van der Waals surface area (Å²) >= 11 is 5.83. The molecule has 7 N–H and O–H groups in total. The molecule has 17 heavy (non-hydrogen) atoms. The lowest BCUT2D eigenvalue weighted by atomic mass is 10.0. The Hall–Kier alpha value is -1.19. The first-order valence-electron chi connectivity index (χ1n) is 4.70. The van der Waals surface area contributed by atoms with Crippen molar-refractivity contribution in [1.29, 1.82) is 0 Å². The fourth-order valence-corrected chi connectivity index (χ4v) is 1.18. The molecule has 9 heteroatoms. The minimum Gasteiger partial charge on any atom is -0.394 e. The van der Waals surface area contributed by atoms with Crippen LogP contribution in [0.2, 0.25) is 5.02 Å². The number of aliphatic hydroxyl groups excluding tert-OH is 3. The number of anilines is 2. The van der Waals surface area contributed by atoms with E-state index >= 15 is 0 Å². The number of hydrogen-bond acceptors (Lipinski definition) is 8. The number of rotatable bonds is 6. The summed E-state index contributed by atoms with van der Waals surface area (Å²) in [5.41, 5.74) is 0.910. The van der Waals surface area contributed by atoms with E-state index in [0.717, 1.165) is 0 Å². The van der Waals surface area contributed by atoms with E-state index < -0.39 is 25.4 Å². The fraction of sp³-hybridized carbons (Fsp3) is 0.500. The van der Waals surface area contributed by atoms with E-state index in [2.05, 4.69) is 20.7 Å². The summed E-state index contributed by atoms with van der Waals surface area (Å²) in [6.45, 7) is -1.48. The lowest BCUT2D eigenvalue weighted by Gasteiger charge is -2.29. The van der Waals surface area contributed by atoms with Crippen molar-refractivity contribution in [3.8, 4) is 0 Å². The zero-order chi connectivity index (χ0) is 12.9. The van der Waals surface area contributed by atoms with Gasteiger partial charge in [0.25, 0.3) is 0 Å². The number of nitrogens with zero attached hydrogens (tertiary/aromatic N) is 2. The molecule has 0 amide bonds. The van der Waals surface area contributed by atoms with Gasteiger partial charge in [0.1, 0.15) is 10.6 Å². The normalized spacial score (nSPS) is 11.4. The summed E-state index contributed by atoms with van der Waals surface area (Å²) in [7, 11) is 0. The van der Waals surface area contributed by atoms with E-state index in [-0.39, 0.29) is 16.8 Å². The molecule has 1 rings (SSSR count). The first kappa shape index (κ1) is 13.9. The van der Waals surface area contributed by atoms with Gasteiger partial charge in [-0.2, -0.15) is 4.98 Å². The molecule has 1 aromatic rings. The molecule has 0 unspecified atom stereocenters. The van der Waals surface area contributed by atoms with Crippen LogP contribution in [0.15, 0.2) is 6.20 Å². The van der Waals surface area contributed by atoms with Crippen LogP contribution >= 0.6 is 11.6 Å². The molecule has 1 heterocycles. The number of nitrogen functional groups attached to an aromatic ring is 1. The van der Waals surface area contributed by atoms with Gasteiger partial charge in [-0.3, -0.25) is 5.43 Å². The van der Waals surface area contributed by atoms with Crippen molar-refractivity contribution in [2.24, 2.45) is 5.84 Å². The van der Waals surface area contributed by atoms with Gasteiger partial charge in [0, 0.05) is 0 Å². The summed E-state index contributed by atoms with van der Waals surface area (Å²) in [5.74, 6) is 5.39. The third-order valence-corrected chi connectivity index (χ3v) is 2.44. The van der Waals surface area contributed by atoms with Crippen molar-refractivity contribution < 1.29 is 15.3 Å². The minimum absolute atomic E-state index is 0.111. The van der Waals surface area contributed by atoms with Crippen LogP contribution in [0.4, 0.5) is 11.8 Å². The first-order chi connectivity index (χ1) is 8.10. The number of hydrazine groups is 1. The Balaban J connectivity index is 2.99. The van der Waals surface area contributed by atoms with Gasteiger partial charge in [-0.1, -0.05) is 11.6 Å². The number of aromatic nitrogens is 2. The number of halogens is 1. The lowest BCUT2D eigenvalue weighted by Crippen LogP contribution is -2.49. The van der Waals surface area contributed by atoms with E-state index in [0.29, 0.717) is 0 Å². The Morgan fingerprint density at radius 1 is 1.29 bits per heavy atom. The van der Waals surface area contributed by atoms with E-state index in [1.54, 1.807) is 0 Å². The SMILES string of the molecule is NNc1ncc(Cl)c(NC(CO)(CO)CO)n1. The molecular formula is C8H14ClN5O3.